The highest BCUT2D eigenvalue weighted by Crippen LogP contribution is 2.37. The van der Waals surface area contributed by atoms with E-state index in [1.807, 2.05) is 60.7 Å². The monoisotopic (exact) mass is 455 g/mol. The number of amides is 2. The molecule has 2 N–H and O–H groups in total. The third-order valence-electron chi connectivity index (χ3n) is 5.38. The van der Waals surface area contributed by atoms with Crippen LogP contribution in [0, 0.1) is 0 Å². The van der Waals surface area contributed by atoms with Crippen molar-refractivity contribution in [1.29, 1.82) is 0 Å². The van der Waals surface area contributed by atoms with Crippen LogP contribution >= 0.6 is 0 Å². The number of anilines is 2. The van der Waals surface area contributed by atoms with Crippen LogP contribution in [-0.2, 0) is 14.3 Å². The van der Waals surface area contributed by atoms with Crippen molar-refractivity contribution in [1.82, 2.24) is 4.90 Å². The molecule has 3 aromatic carbocycles. The minimum atomic E-state index is -0.463. The minimum absolute atomic E-state index is 0.138. The third-order valence-corrected chi connectivity index (χ3v) is 5.38. The molecular formula is C27H25N3O4. The molecule has 1 aliphatic heterocycles. The Morgan fingerprint density at radius 2 is 1.65 bits per heavy atom. The van der Waals surface area contributed by atoms with Crippen LogP contribution in [-0.4, -0.2) is 42.9 Å². The van der Waals surface area contributed by atoms with Gasteiger partial charge in [0.15, 0.2) is 0 Å². The summed E-state index contributed by atoms with van der Waals surface area (Å²) < 4.78 is 4.93. The molecule has 0 fully saturated rings. The molecule has 172 valence electrons. The van der Waals surface area contributed by atoms with E-state index in [-0.39, 0.29) is 25.0 Å². The summed E-state index contributed by atoms with van der Waals surface area (Å²) in [4.78, 5) is 38.9. The van der Waals surface area contributed by atoms with Crippen molar-refractivity contribution in [3.8, 4) is 0 Å². The van der Waals surface area contributed by atoms with Crippen LogP contribution in [0.3, 0.4) is 0 Å². The third kappa shape index (κ3) is 4.83. The summed E-state index contributed by atoms with van der Waals surface area (Å²) in [5, 5.41) is 6.28. The zero-order valence-corrected chi connectivity index (χ0v) is 19.0. The van der Waals surface area contributed by atoms with Gasteiger partial charge in [0.2, 0.25) is 0 Å². The fourth-order valence-corrected chi connectivity index (χ4v) is 3.82. The van der Waals surface area contributed by atoms with Crippen LogP contribution in [0.5, 0.6) is 0 Å². The van der Waals surface area contributed by atoms with Crippen LogP contribution < -0.4 is 10.6 Å². The zero-order chi connectivity index (χ0) is 24.1. The maximum Gasteiger partial charge on any atom is 0.325 e. The van der Waals surface area contributed by atoms with Gasteiger partial charge < -0.3 is 20.3 Å². The first-order valence-electron chi connectivity index (χ1n) is 11.0. The largest absolute Gasteiger partial charge is 0.465 e. The summed E-state index contributed by atoms with van der Waals surface area (Å²) in [7, 11) is 1.55. The molecule has 7 nitrogen and oxygen atoms in total. The number of fused-ring (bicyclic) bond motifs is 1. The number of carbonyl (C=O) groups is 3. The molecule has 0 unspecified atom stereocenters. The number of ether oxygens (including phenoxy) is 1. The van der Waals surface area contributed by atoms with Crippen LogP contribution in [0.15, 0.2) is 78.9 Å². The van der Waals surface area contributed by atoms with Gasteiger partial charge in [-0.3, -0.25) is 14.4 Å². The Balaban J connectivity index is 1.69. The van der Waals surface area contributed by atoms with Gasteiger partial charge in [-0.05, 0) is 36.8 Å². The van der Waals surface area contributed by atoms with Gasteiger partial charge in [-0.25, -0.2) is 0 Å². The van der Waals surface area contributed by atoms with E-state index >= 15 is 0 Å². The first-order chi connectivity index (χ1) is 16.5. The molecular weight excluding hydrogens is 430 g/mol. The standard InChI is InChI=1S/C27H25N3O4/c1-3-34-23(31)17-30(2)27(33)19-12-9-13-20(16-19)28-25(18-10-5-4-6-11-18)24-21-14-7-8-15-22(21)29-26(24)32/h4-16,28H,3,17H2,1-2H3,(H,29,32). The number of rotatable bonds is 7. The molecule has 0 aromatic heterocycles. The van der Waals surface area contributed by atoms with Crippen molar-refractivity contribution >= 4 is 40.4 Å². The van der Waals surface area contributed by atoms with Gasteiger partial charge in [-0.15, -0.1) is 0 Å². The Hall–Kier alpha value is -4.39. The number of esters is 1. The van der Waals surface area contributed by atoms with E-state index in [4.69, 9.17) is 4.74 Å². The second kappa shape index (κ2) is 10.0. The fraction of sp³-hybridized carbons (Fsp3) is 0.148. The van der Waals surface area contributed by atoms with Crippen molar-refractivity contribution in [3.63, 3.8) is 0 Å². The SMILES string of the molecule is CCOC(=O)CN(C)C(=O)c1cccc(NC(=C2C(=O)Nc3ccccc32)c2ccccc2)c1. The van der Waals surface area contributed by atoms with Crippen LogP contribution in [0.25, 0.3) is 11.3 Å². The molecule has 0 saturated carbocycles. The number of carbonyl (C=O) groups excluding carboxylic acids is 3. The number of nitrogens with zero attached hydrogens (tertiary/aromatic N) is 1. The number of nitrogens with one attached hydrogen (secondary N) is 2. The molecule has 2 amide bonds. The smallest absolute Gasteiger partial charge is 0.325 e. The van der Waals surface area contributed by atoms with Gasteiger partial charge in [0.25, 0.3) is 11.8 Å². The molecule has 4 rings (SSSR count). The predicted octanol–water partition coefficient (Wildman–Crippen LogP) is 4.25. The average Bonchev–Trinajstić information content (AvgIpc) is 3.18. The van der Waals surface area contributed by atoms with Crippen molar-refractivity contribution in [2.24, 2.45) is 0 Å². The lowest BCUT2D eigenvalue weighted by Gasteiger charge is -2.18. The van der Waals surface area contributed by atoms with Crippen molar-refractivity contribution in [2.45, 2.75) is 6.92 Å². The van der Waals surface area contributed by atoms with E-state index in [1.54, 1.807) is 32.2 Å². The summed E-state index contributed by atoms with van der Waals surface area (Å²) in [6, 6.07) is 24.0. The molecule has 1 heterocycles. The molecule has 34 heavy (non-hydrogen) atoms. The second-order valence-corrected chi connectivity index (χ2v) is 7.79. The number of likely N-dealkylation sites (N-methyl/N-ethyl adjacent to an activating group) is 1. The molecule has 0 aliphatic carbocycles. The Labute approximate surface area is 198 Å². The lowest BCUT2D eigenvalue weighted by Crippen LogP contribution is -2.33. The summed E-state index contributed by atoms with van der Waals surface area (Å²) >= 11 is 0. The quantitative estimate of drug-likeness (QED) is 0.411. The highest BCUT2D eigenvalue weighted by atomic mass is 16.5. The number of benzene rings is 3. The maximum atomic E-state index is 12.9. The zero-order valence-electron chi connectivity index (χ0n) is 19.0. The number of hydrogen-bond acceptors (Lipinski definition) is 5. The Kier molecular flexibility index (Phi) is 6.73. The second-order valence-electron chi connectivity index (χ2n) is 7.79. The van der Waals surface area contributed by atoms with Gasteiger partial charge in [-0.2, -0.15) is 0 Å². The van der Waals surface area contributed by atoms with Crippen LogP contribution in [0.4, 0.5) is 11.4 Å². The maximum absolute atomic E-state index is 12.9. The summed E-state index contributed by atoms with van der Waals surface area (Å²) in [6.07, 6.45) is 0. The average molecular weight is 456 g/mol. The van der Waals surface area contributed by atoms with E-state index in [2.05, 4.69) is 10.6 Å². The normalized spacial score (nSPS) is 13.5. The van der Waals surface area contributed by atoms with E-state index in [1.165, 1.54) is 4.90 Å². The molecule has 7 heteroatoms. The van der Waals surface area contributed by atoms with E-state index < -0.39 is 5.97 Å². The Morgan fingerprint density at radius 3 is 2.41 bits per heavy atom. The lowest BCUT2D eigenvalue weighted by molar-refractivity contribution is -0.143. The molecule has 0 bridgehead atoms. The molecule has 0 saturated heterocycles. The van der Waals surface area contributed by atoms with Gasteiger partial charge in [0.05, 0.1) is 17.9 Å². The van der Waals surface area contributed by atoms with E-state index in [9.17, 15) is 14.4 Å². The van der Waals surface area contributed by atoms with E-state index in [0.29, 0.717) is 22.5 Å². The fourth-order valence-electron chi connectivity index (χ4n) is 3.82. The summed E-state index contributed by atoms with van der Waals surface area (Å²) in [5.74, 6) is -0.974. The van der Waals surface area contributed by atoms with E-state index in [0.717, 1.165) is 16.8 Å². The molecule has 3 aromatic rings. The minimum Gasteiger partial charge on any atom is -0.465 e. The number of hydrogen-bond donors (Lipinski definition) is 2. The van der Waals surface area contributed by atoms with Crippen molar-refractivity contribution in [3.05, 3.63) is 95.6 Å². The Bertz CT molecular complexity index is 1270. The summed E-state index contributed by atoms with van der Waals surface area (Å²) in [5.41, 5.74) is 4.60. The molecule has 0 atom stereocenters. The van der Waals surface area contributed by atoms with Gasteiger partial charge in [0.1, 0.15) is 6.54 Å². The first-order valence-corrected chi connectivity index (χ1v) is 11.0. The van der Waals surface area contributed by atoms with Gasteiger partial charge >= 0.3 is 5.97 Å². The molecule has 0 radical (unpaired) electrons. The molecule has 0 spiro atoms. The van der Waals surface area contributed by atoms with Crippen molar-refractivity contribution in [2.75, 3.05) is 30.8 Å². The Morgan fingerprint density at radius 1 is 0.941 bits per heavy atom. The molecule has 1 aliphatic rings. The highest BCUT2D eigenvalue weighted by Gasteiger charge is 2.28. The first kappa shape index (κ1) is 22.8. The van der Waals surface area contributed by atoms with Crippen LogP contribution in [0.1, 0.15) is 28.4 Å². The van der Waals surface area contributed by atoms with Crippen LogP contribution in [0.2, 0.25) is 0 Å². The van der Waals surface area contributed by atoms with Gasteiger partial charge in [-0.1, -0.05) is 54.6 Å². The number of para-hydroxylation sites is 1. The topological polar surface area (TPSA) is 87.7 Å². The predicted molar refractivity (Wildman–Crippen MR) is 132 cm³/mol. The lowest BCUT2D eigenvalue weighted by atomic mass is 10.00. The highest BCUT2D eigenvalue weighted by molar-refractivity contribution is 6.37. The summed E-state index contributed by atoms with van der Waals surface area (Å²) in [6.45, 7) is 1.84. The van der Waals surface area contributed by atoms with Gasteiger partial charge in [0, 0.05) is 29.5 Å². The van der Waals surface area contributed by atoms with Crippen molar-refractivity contribution < 1.29 is 19.1 Å².